The number of benzene rings is 6. The molecule has 0 radical (unpaired) electrons. The molecule has 0 spiro atoms. The molecule has 8 rings (SSSR count). The number of phenolic OH excluding ortho intramolecular Hbond substituents is 1. The third kappa shape index (κ3) is 12.3. The van der Waals surface area contributed by atoms with Gasteiger partial charge in [-0.1, -0.05) is 103 Å². The van der Waals surface area contributed by atoms with Crippen LogP contribution in [0.1, 0.15) is 48.0 Å². The summed E-state index contributed by atoms with van der Waals surface area (Å²) in [5.74, 6) is -0.361. The van der Waals surface area contributed by atoms with Crippen molar-refractivity contribution in [2.24, 2.45) is 0 Å². The van der Waals surface area contributed by atoms with Gasteiger partial charge < -0.3 is 18.7 Å². The Morgan fingerprint density at radius 3 is 1.51 bits per heavy atom. The van der Waals surface area contributed by atoms with E-state index in [2.05, 4.69) is 32.0 Å². The number of alkyl halides is 7. The molecule has 2 heterocycles. The lowest BCUT2D eigenvalue weighted by Crippen LogP contribution is -2.08. The summed E-state index contributed by atoms with van der Waals surface area (Å²) in [4.78, 5) is 8.11. The number of oxazole rings is 2. The SMILES string of the molecule is C.C.N#CC(Br)c1ccc(Cl)cc1.N#CC(Oc1ccc(C(F)(F)F)cc1-c1nc2ccccc2o1)c1ccc(Cl)cc1.Oc1ccc(C(F)(F)F)cc1-c1nc2ccccc2o1. The molecule has 0 saturated carbocycles. The van der Waals surface area contributed by atoms with Crippen LogP contribution in [-0.2, 0) is 12.4 Å². The average Bonchev–Trinajstić information content (AvgIpc) is 3.88. The Balaban J connectivity index is 0.000000227. The third-order valence-electron chi connectivity index (χ3n) is 8.49. The quantitative estimate of drug-likeness (QED) is 0.129. The zero-order chi connectivity index (χ0) is 43.9. The molecule has 8 nitrogen and oxygen atoms in total. The smallest absolute Gasteiger partial charge is 0.416 e. The first-order valence-electron chi connectivity index (χ1n) is 17.5. The van der Waals surface area contributed by atoms with Gasteiger partial charge in [0.05, 0.1) is 28.3 Å². The number of phenols is 1. The van der Waals surface area contributed by atoms with Gasteiger partial charge >= 0.3 is 12.4 Å². The fraction of sp³-hybridized carbons (Fsp3) is 0.130. The van der Waals surface area contributed by atoms with Crippen molar-refractivity contribution >= 4 is 61.3 Å². The summed E-state index contributed by atoms with van der Waals surface area (Å²) in [5, 5.41) is 29.0. The van der Waals surface area contributed by atoms with Crippen molar-refractivity contribution in [3.63, 3.8) is 0 Å². The van der Waals surface area contributed by atoms with E-state index in [9.17, 15) is 36.7 Å². The number of hydrogen-bond acceptors (Lipinski definition) is 8. The molecule has 63 heavy (non-hydrogen) atoms. The molecule has 1 N–H and O–H groups in total. The minimum atomic E-state index is -4.57. The number of halogens is 9. The first-order valence-corrected chi connectivity index (χ1v) is 19.2. The van der Waals surface area contributed by atoms with Gasteiger partial charge in [-0.15, -0.1) is 0 Å². The molecule has 8 aromatic rings. The Kier molecular flexibility index (Phi) is 16.4. The van der Waals surface area contributed by atoms with Gasteiger partial charge in [-0.3, -0.25) is 0 Å². The average molecular weight is 971 g/mol. The molecule has 0 aliphatic rings. The molecule has 0 saturated heterocycles. The minimum Gasteiger partial charge on any atom is -0.507 e. The maximum absolute atomic E-state index is 13.3. The maximum atomic E-state index is 13.3. The van der Waals surface area contributed by atoms with E-state index in [0.717, 1.165) is 42.0 Å². The van der Waals surface area contributed by atoms with E-state index in [-0.39, 0.29) is 54.1 Å². The van der Waals surface area contributed by atoms with E-state index in [1.165, 1.54) is 0 Å². The number of aromatic hydroxyl groups is 1. The molecule has 0 bridgehead atoms. The molecule has 2 aromatic heterocycles. The Morgan fingerprint density at radius 2 is 1.05 bits per heavy atom. The van der Waals surface area contributed by atoms with E-state index in [4.69, 9.17) is 42.0 Å². The van der Waals surface area contributed by atoms with Crippen molar-refractivity contribution in [3.05, 3.63) is 166 Å². The van der Waals surface area contributed by atoms with Crippen LogP contribution in [0.5, 0.6) is 11.5 Å². The van der Waals surface area contributed by atoms with Crippen LogP contribution < -0.4 is 4.74 Å². The molecule has 2 unspecified atom stereocenters. The topological polar surface area (TPSA) is 129 Å². The molecule has 17 heteroatoms. The van der Waals surface area contributed by atoms with Crippen LogP contribution in [0.4, 0.5) is 26.3 Å². The lowest BCUT2D eigenvalue weighted by Gasteiger charge is -2.16. The minimum absolute atomic E-state index is 0. The van der Waals surface area contributed by atoms with Crippen molar-refractivity contribution in [2.75, 3.05) is 0 Å². The van der Waals surface area contributed by atoms with Crippen LogP contribution in [-0.4, -0.2) is 15.1 Å². The summed E-state index contributed by atoms with van der Waals surface area (Å²) in [6, 6.07) is 36.8. The molecule has 0 amide bonds. The number of nitrogens with zero attached hydrogens (tertiary/aromatic N) is 4. The lowest BCUT2D eigenvalue weighted by molar-refractivity contribution is -0.138. The van der Waals surface area contributed by atoms with E-state index < -0.39 is 29.6 Å². The highest BCUT2D eigenvalue weighted by molar-refractivity contribution is 9.09. The molecule has 0 fully saturated rings. The number of hydrogen-bond donors (Lipinski definition) is 1. The van der Waals surface area contributed by atoms with Crippen molar-refractivity contribution in [1.82, 2.24) is 9.97 Å². The van der Waals surface area contributed by atoms with Crippen molar-refractivity contribution in [3.8, 4) is 46.5 Å². The number of fused-ring (bicyclic) bond motifs is 2. The van der Waals surface area contributed by atoms with Crippen LogP contribution in [0.15, 0.2) is 142 Å². The molecule has 6 aromatic carbocycles. The summed E-state index contributed by atoms with van der Waals surface area (Å²) in [7, 11) is 0. The van der Waals surface area contributed by atoms with E-state index >= 15 is 0 Å². The fourth-order valence-corrected chi connectivity index (χ4v) is 6.03. The first kappa shape index (κ1) is 49.1. The highest BCUT2D eigenvalue weighted by Gasteiger charge is 2.33. The Morgan fingerprint density at radius 1 is 0.603 bits per heavy atom. The van der Waals surface area contributed by atoms with Crippen molar-refractivity contribution in [2.45, 2.75) is 38.1 Å². The maximum Gasteiger partial charge on any atom is 0.416 e. The largest absolute Gasteiger partial charge is 0.507 e. The van der Waals surface area contributed by atoms with Crippen LogP contribution in [0.25, 0.3) is 45.1 Å². The summed E-state index contributed by atoms with van der Waals surface area (Å²) in [6.45, 7) is 0. The number of para-hydroxylation sites is 4. The van der Waals surface area contributed by atoms with Gasteiger partial charge in [0.25, 0.3) is 0 Å². The van der Waals surface area contributed by atoms with Gasteiger partial charge in [0.2, 0.25) is 17.9 Å². The highest BCUT2D eigenvalue weighted by Crippen LogP contribution is 2.40. The summed E-state index contributed by atoms with van der Waals surface area (Å²) in [5.41, 5.74) is 1.46. The normalized spacial score (nSPS) is 11.9. The molecular weight excluding hydrogens is 937 g/mol. The lowest BCUT2D eigenvalue weighted by atomic mass is 10.1. The van der Waals surface area contributed by atoms with Gasteiger partial charge in [0.1, 0.15) is 33.4 Å². The zero-order valence-electron chi connectivity index (χ0n) is 30.7. The Hall–Kier alpha value is -6.52. The van der Waals surface area contributed by atoms with Crippen LogP contribution >= 0.6 is 39.1 Å². The van der Waals surface area contributed by atoms with Gasteiger partial charge in [0, 0.05) is 15.6 Å². The molecular formula is C46H33BrCl2F6N4O4. The van der Waals surface area contributed by atoms with Crippen molar-refractivity contribution < 1.29 is 45.0 Å². The second kappa shape index (κ2) is 21.0. The van der Waals surface area contributed by atoms with Gasteiger partial charge in [-0.2, -0.15) is 36.9 Å². The molecule has 324 valence electrons. The molecule has 0 aliphatic heterocycles. The Labute approximate surface area is 375 Å². The van der Waals surface area contributed by atoms with E-state index in [0.29, 0.717) is 37.8 Å². The summed E-state index contributed by atoms with van der Waals surface area (Å²) < 4.78 is 94.7. The molecule has 2 atom stereocenters. The van der Waals surface area contributed by atoms with E-state index in [1.807, 2.05) is 18.2 Å². The first-order chi connectivity index (χ1) is 29.0. The van der Waals surface area contributed by atoms with Gasteiger partial charge in [0.15, 0.2) is 11.2 Å². The van der Waals surface area contributed by atoms with Crippen LogP contribution in [0.2, 0.25) is 10.0 Å². The van der Waals surface area contributed by atoms with Crippen LogP contribution in [0, 0.1) is 22.7 Å². The predicted molar refractivity (Wildman–Crippen MR) is 233 cm³/mol. The fourth-order valence-electron chi connectivity index (χ4n) is 5.47. The predicted octanol–water partition coefficient (Wildman–Crippen LogP) is 15.6. The number of nitriles is 2. The van der Waals surface area contributed by atoms with Crippen LogP contribution in [0.3, 0.4) is 0 Å². The monoisotopic (exact) mass is 968 g/mol. The summed E-state index contributed by atoms with van der Waals surface area (Å²) in [6.07, 6.45) is -10.1. The summed E-state index contributed by atoms with van der Waals surface area (Å²) >= 11 is 14.7. The van der Waals surface area contributed by atoms with Crippen molar-refractivity contribution in [1.29, 1.82) is 10.5 Å². The zero-order valence-corrected chi connectivity index (χ0v) is 33.8. The standard InChI is InChI=1S/C22H12ClF3N2O2.C14H8F3NO2.C8H5BrClN.2CH4/c23-15-8-5-13(6-9-15)20(12-27)29-18-10-7-14(22(24,25)26)11-16(18)21-28-17-3-1-2-4-19(17)30-21;15-14(16,17)8-5-6-11(19)9(7-8)13-18-10-3-1-2-4-12(10)20-13;9-8(5-11)6-1-3-7(10)4-2-6;;/h1-11,20H;1-7,19H;1-4,8H;2*1H4. The number of aromatic nitrogens is 2. The number of ether oxygens (including phenoxy) is 1. The number of rotatable bonds is 6. The van der Waals surface area contributed by atoms with E-state index in [1.54, 1.807) is 84.9 Å². The third-order valence-corrected chi connectivity index (χ3v) is 9.73. The highest BCUT2D eigenvalue weighted by atomic mass is 79.9. The van der Waals surface area contributed by atoms with Gasteiger partial charge in [-0.05, 0) is 90.5 Å². The Bertz CT molecular complexity index is 2810. The second-order valence-electron chi connectivity index (χ2n) is 12.6. The second-order valence-corrected chi connectivity index (χ2v) is 14.4. The molecule has 0 aliphatic carbocycles. The van der Waals surface area contributed by atoms with Gasteiger partial charge in [-0.25, -0.2) is 9.97 Å².